The van der Waals surface area contributed by atoms with Crippen LogP contribution in [0.5, 0.6) is 5.75 Å². The molecule has 8 heteroatoms. The van der Waals surface area contributed by atoms with Crippen molar-refractivity contribution < 1.29 is 9.53 Å². The summed E-state index contributed by atoms with van der Waals surface area (Å²) in [6, 6.07) is 13.3. The maximum atomic E-state index is 12.8. The van der Waals surface area contributed by atoms with Gasteiger partial charge in [0.1, 0.15) is 5.75 Å². The zero-order valence-electron chi connectivity index (χ0n) is 17.8. The molecule has 4 aromatic rings. The molecule has 1 amide bonds. The highest BCUT2D eigenvalue weighted by Crippen LogP contribution is 2.34. The third-order valence-electron chi connectivity index (χ3n) is 5.59. The molecule has 0 unspecified atom stereocenters. The van der Waals surface area contributed by atoms with Gasteiger partial charge in [-0.1, -0.05) is 18.2 Å². The molecule has 1 aliphatic rings. The Labute approximate surface area is 188 Å². The Morgan fingerprint density at radius 3 is 2.88 bits per heavy atom. The van der Waals surface area contributed by atoms with E-state index in [4.69, 9.17) is 4.74 Å². The number of thiazole rings is 1. The number of carbonyl (C=O) groups excluding carboxylic acids is 1. The SMILES string of the molecule is Cc1sc(NC(=O)Cc2nn(C)c(=O)c3ccccc23)nc1-c1ccc2c(c1)CCCO2. The van der Waals surface area contributed by atoms with Crippen LogP contribution in [0, 0.1) is 6.92 Å². The van der Waals surface area contributed by atoms with Crippen LogP contribution in [0.4, 0.5) is 5.13 Å². The van der Waals surface area contributed by atoms with Gasteiger partial charge in [0.05, 0.1) is 29.8 Å². The third-order valence-corrected chi connectivity index (χ3v) is 6.47. The van der Waals surface area contributed by atoms with Crippen molar-refractivity contribution in [3.05, 3.63) is 69.0 Å². The first-order valence-electron chi connectivity index (χ1n) is 10.5. The highest BCUT2D eigenvalue weighted by Gasteiger charge is 2.17. The Kier molecular flexibility index (Phi) is 5.22. The van der Waals surface area contributed by atoms with E-state index in [1.54, 1.807) is 19.2 Å². The molecular formula is C24H22N4O3S. The van der Waals surface area contributed by atoms with Gasteiger partial charge in [-0.15, -0.1) is 11.3 Å². The van der Waals surface area contributed by atoms with Gasteiger partial charge in [0.25, 0.3) is 5.56 Å². The summed E-state index contributed by atoms with van der Waals surface area (Å²) < 4.78 is 6.98. The normalized spacial score (nSPS) is 12.9. The summed E-state index contributed by atoms with van der Waals surface area (Å²) in [5.41, 5.74) is 3.46. The molecule has 3 heterocycles. The summed E-state index contributed by atoms with van der Waals surface area (Å²) in [6.07, 6.45) is 2.07. The van der Waals surface area contributed by atoms with Crippen molar-refractivity contribution in [3.63, 3.8) is 0 Å². The molecule has 32 heavy (non-hydrogen) atoms. The number of hydrogen-bond acceptors (Lipinski definition) is 6. The fraction of sp³-hybridized carbons (Fsp3) is 0.250. The van der Waals surface area contributed by atoms with Crippen LogP contribution in [0.25, 0.3) is 22.0 Å². The van der Waals surface area contributed by atoms with Crippen molar-refractivity contribution in [2.45, 2.75) is 26.2 Å². The molecule has 162 valence electrons. The van der Waals surface area contributed by atoms with Crippen LogP contribution in [-0.4, -0.2) is 27.3 Å². The van der Waals surface area contributed by atoms with Gasteiger partial charge in [-0.2, -0.15) is 5.10 Å². The minimum absolute atomic E-state index is 0.0543. The van der Waals surface area contributed by atoms with Crippen LogP contribution in [0.15, 0.2) is 47.3 Å². The number of hydrogen-bond donors (Lipinski definition) is 1. The van der Waals surface area contributed by atoms with Gasteiger partial charge in [-0.05, 0) is 49.6 Å². The number of amides is 1. The highest BCUT2D eigenvalue weighted by atomic mass is 32.1. The predicted molar refractivity (Wildman–Crippen MR) is 125 cm³/mol. The minimum Gasteiger partial charge on any atom is -0.493 e. The number of aryl methyl sites for hydroxylation is 3. The molecule has 0 fully saturated rings. The molecule has 2 aromatic carbocycles. The Bertz CT molecular complexity index is 1410. The van der Waals surface area contributed by atoms with Gasteiger partial charge in [0, 0.05) is 22.9 Å². The van der Waals surface area contributed by atoms with E-state index in [1.807, 2.05) is 31.2 Å². The number of anilines is 1. The van der Waals surface area contributed by atoms with E-state index in [0.717, 1.165) is 41.3 Å². The number of nitrogens with zero attached hydrogens (tertiary/aromatic N) is 3. The van der Waals surface area contributed by atoms with E-state index >= 15 is 0 Å². The molecule has 0 saturated heterocycles. The van der Waals surface area contributed by atoms with Crippen molar-refractivity contribution >= 4 is 33.1 Å². The summed E-state index contributed by atoms with van der Waals surface area (Å²) in [7, 11) is 1.59. The van der Waals surface area contributed by atoms with Crippen molar-refractivity contribution in [2.24, 2.45) is 7.05 Å². The molecule has 1 aliphatic heterocycles. The second kappa shape index (κ2) is 8.20. The fourth-order valence-electron chi connectivity index (χ4n) is 4.05. The van der Waals surface area contributed by atoms with Gasteiger partial charge in [-0.3, -0.25) is 9.59 Å². The lowest BCUT2D eigenvalue weighted by Gasteiger charge is -2.17. The Balaban J connectivity index is 1.38. The number of ether oxygens (including phenoxy) is 1. The smallest absolute Gasteiger partial charge is 0.274 e. The first-order chi connectivity index (χ1) is 15.5. The molecular weight excluding hydrogens is 424 g/mol. The van der Waals surface area contributed by atoms with Crippen molar-refractivity contribution in [3.8, 4) is 17.0 Å². The van der Waals surface area contributed by atoms with Crippen molar-refractivity contribution in [1.82, 2.24) is 14.8 Å². The number of aromatic nitrogens is 3. The maximum Gasteiger partial charge on any atom is 0.274 e. The Morgan fingerprint density at radius 2 is 2.03 bits per heavy atom. The molecule has 0 atom stereocenters. The minimum atomic E-state index is -0.222. The zero-order chi connectivity index (χ0) is 22.2. The van der Waals surface area contributed by atoms with Gasteiger partial charge in [-0.25, -0.2) is 9.67 Å². The average Bonchev–Trinajstić information content (AvgIpc) is 3.16. The number of benzene rings is 2. The lowest BCUT2D eigenvalue weighted by Crippen LogP contribution is -2.24. The number of nitrogens with one attached hydrogen (secondary N) is 1. The zero-order valence-corrected chi connectivity index (χ0v) is 18.7. The molecule has 0 aliphatic carbocycles. The van der Waals surface area contributed by atoms with Crippen LogP contribution in [0.1, 0.15) is 22.6 Å². The average molecular weight is 447 g/mol. The quantitative estimate of drug-likeness (QED) is 0.514. The largest absolute Gasteiger partial charge is 0.493 e. The Hall–Kier alpha value is -3.52. The van der Waals surface area contributed by atoms with E-state index in [2.05, 4.69) is 21.5 Å². The molecule has 1 N–H and O–H groups in total. The first kappa shape index (κ1) is 20.4. The van der Waals surface area contributed by atoms with Gasteiger partial charge in [0.15, 0.2) is 5.13 Å². The molecule has 0 saturated carbocycles. The summed E-state index contributed by atoms with van der Waals surface area (Å²) in [4.78, 5) is 30.8. The highest BCUT2D eigenvalue weighted by molar-refractivity contribution is 7.16. The van der Waals surface area contributed by atoms with Gasteiger partial charge >= 0.3 is 0 Å². The van der Waals surface area contributed by atoms with Gasteiger partial charge < -0.3 is 10.1 Å². The summed E-state index contributed by atoms with van der Waals surface area (Å²) in [5, 5.41) is 9.00. The van der Waals surface area contributed by atoms with E-state index < -0.39 is 0 Å². The lowest BCUT2D eigenvalue weighted by atomic mass is 10.0. The summed E-state index contributed by atoms with van der Waals surface area (Å²) in [6.45, 7) is 2.76. The molecule has 5 rings (SSSR count). The first-order valence-corrected chi connectivity index (χ1v) is 11.3. The van der Waals surface area contributed by atoms with E-state index in [1.165, 1.54) is 21.6 Å². The Morgan fingerprint density at radius 1 is 1.22 bits per heavy atom. The second-order valence-electron chi connectivity index (χ2n) is 7.84. The molecule has 0 radical (unpaired) electrons. The maximum absolute atomic E-state index is 12.8. The van der Waals surface area contributed by atoms with E-state index in [-0.39, 0.29) is 17.9 Å². The van der Waals surface area contributed by atoms with Crippen molar-refractivity contribution in [1.29, 1.82) is 0 Å². The van der Waals surface area contributed by atoms with Crippen LogP contribution >= 0.6 is 11.3 Å². The van der Waals surface area contributed by atoms with E-state index in [0.29, 0.717) is 21.6 Å². The fourth-order valence-corrected chi connectivity index (χ4v) is 4.90. The van der Waals surface area contributed by atoms with Gasteiger partial charge in [0.2, 0.25) is 5.91 Å². The monoisotopic (exact) mass is 446 g/mol. The molecule has 0 bridgehead atoms. The summed E-state index contributed by atoms with van der Waals surface area (Å²) in [5.74, 6) is 0.721. The third kappa shape index (κ3) is 3.78. The standard InChI is InChI=1S/C24H22N4O3S/c1-14-22(16-9-10-20-15(12-16)6-5-11-31-20)26-24(32-14)25-21(29)13-19-17-7-3-4-8-18(17)23(30)28(2)27-19/h3-4,7-10,12H,5-6,11,13H2,1-2H3,(H,25,26,29). The van der Waals surface area contributed by atoms with Crippen LogP contribution in [0.3, 0.4) is 0 Å². The molecule has 2 aromatic heterocycles. The lowest BCUT2D eigenvalue weighted by molar-refractivity contribution is -0.115. The van der Waals surface area contributed by atoms with E-state index in [9.17, 15) is 9.59 Å². The number of fused-ring (bicyclic) bond motifs is 2. The number of rotatable bonds is 4. The second-order valence-corrected chi connectivity index (χ2v) is 9.05. The van der Waals surface area contributed by atoms with Crippen LogP contribution in [-0.2, 0) is 24.7 Å². The number of carbonyl (C=O) groups is 1. The van der Waals surface area contributed by atoms with Crippen LogP contribution < -0.4 is 15.6 Å². The predicted octanol–water partition coefficient (Wildman–Crippen LogP) is 3.87. The topological polar surface area (TPSA) is 86.1 Å². The molecule has 7 nitrogen and oxygen atoms in total. The summed E-state index contributed by atoms with van der Waals surface area (Å²) >= 11 is 1.44. The molecule has 0 spiro atoms. The van der Waals surface area contributed by atoms with Crippen molar-refractivity contribution in [2.75, 3.05) is 11.9 Å². The van der Waals surface area contributed by atoms with Crippen LogP contribution in [0.2, 0.25) is 0 Å².